The van der Waals surface area contributed by atoms with Crippen molar-refractivity contribution in [2.24, 2.45) is 0 Å². The van der Waals surface area contributed by atoms with Crippen molar-refractivity contribution in [2.75, 3.05) is 45.3 Å². The number of fused-ring (bicyclic) bond motifs is 2. The van der Waals surface area contributed by atoms with Crippen LogP contribution in [0.15, 0.2) is 42.5 Å². The maximum atomic E-state index is 13.3. The van der Waals surface area contributed by atoms with E-state index in [0.717, 1.165) is 61.8 Å². The molecule has 1 saturated heterocycles. The van der Waals surface area contributed by atoms with Crippen LogP contribution in [0, 0.1) is 0 Å². The third-order valence-electron chi connectivity index (χ3n) is 6.60. The number of carbonyl (C=O) groups is 1. The second kappa shape index (κ2) is 8.07. The molecule has 1 amide bonds. The Balaban J connectivity index is 1.60. The number of hydrogen-bond acceptors (Lipinski definition) is 4. The van der Waals surface area contributed by atoms with Crippen molar-refractivity contribution < 1.29 is 14.3 Å². The van der Waals surface area contributed by atoms with Crippen LogP contribution in [0.2, 0.25) is 0 Å². The molecule has 0 unspecified atom stereocenters. The molecule has 2 heterocycles. The molecule has 1 spiro atoms. The third-order valence-corrected chi connectivity index (χ3v) is 6.60. The lowest BCUT2D eigenvalue weighted by Crippen LogP contribution is -2.46. The largest absolute Gasteiger partial charge is 0.497 e. The number of rotatable bonds is 5. The van der Waals surface area contributed by atoms with Gasteiger partial charge in [-0.1, -0.05) is 19.1 Å². The maximum absolute atomic E-state index is 13.3. The number of nitrogens with zero attached hydrogens (tertiary/aromatic N) is 2. The Hall–Kier alpha value is -2.53. The molecule has 2 aliphatic rings. The Kier molecular flexibility index (Phi) is 5.50. The summed E-state index contributed by atoms with van der Waals surface area (Å²) in [5.41, 5.74) is 3.36. The first-order chi connectivity index (χ1) is 14.1. The van der Waals surface area contributed by atoms with Crippen molar-refractivity contribution in [3.05, 3.63) is 53.6 Å². The zero-order valence-corrected chi connectivity index (χ0v) is 17.6. The lowest BCUT2D eigenvalue weighted by molar-refractivity contribution is -0.118. The van der Waals surface area contributed by atoms with Crippen LogP contribution in [0.5, 0.6) is 11.5 Å². The Morgan fingerprint density at radius 2 is 1.66 bits per heavy atom. The average molecular weight is 395 g/mol. The van der Waals surface area contributed by atoms with Crippen LogP contribution in [-0.2, 0) is 16.6 Å². The first-order valence-corrected chi connectivity index (χ1v) is 10.4. The van der Waals surface area contributed by atoms with Crippen molar-refractivity contribution in [3.63, 3.8) is 0 Å². The molecule has 154 valence electrons. The van der Waals surface area contributed by atoms with Gasteiger partial charge in [-0.2, -0.15) is 0 Å². The van der Waals surface area contributed by atoms with E-state index >= 15 is 0 Å². The van der Waals surface area contributed by atoms with Crippen LogP contribution >= 0.6 is 0 Å². The number of amides is 1. The predicted octanol–water partition coefficient (Wildman–Crippen LogP) is 3.65. The standard InChI is InChI=1S/C24H30N2O3/c1-4-25-13-11-24(12-14-25)17-26(22-10-9-20(29-3)16-21(22)24)23(27)15-18-5-7-19(28-2)8-6-18/h5-10,16H,4,11-15,17H2,1-3H3. The van der Waals surface area contributed by atoms with Crippen molar-refractivity contribution in [3.8, 4) is 11.5 Å². The minimum absolute atomic E-state index is 0.0328. The molecular formula is C24H30N2O3. The highest BCUT2D eigenvalue weighted by Gasteiger charge is 2.46. The third kappa shape index (κ3) is 3.71. The predicted molar refractivity (Wildman–Crippen MR) is 115 cm³/mol. The summed E-state index contributed by atoms with van der Waals surface area (Å²) in [7, 11) is 3.36. The van der Waals surface area contributed by atoms with Crippen LogP contribution < -0.4 is 14.4 Å². The molecule has 2 aromatic carbocycles. The molecule has 29 heavy (non-hydrogen) atoms. The van der Waals surface area contributed by atoms with Gasteiger partial charge in [-0.05, 0) is 73.9 Å². The summed E-state index contributed by atoms with van der Waals surface area (Å²) < 4.78 is 10.7. The van der Waals surface area contributed by atoms with Gasteiger partial charge in [0.1, 0.15) is 11.5 Å². The summed E-state index contributed by atoms with van der Waals surface area (Å²) in [4.78, 5) is 17.8. The summed E-state index contributed by atoms with van der Waals surface area (Å²) in [6.07, 6.45) is 2.55. The monoisotopic (exact) mass is 394 g/mol. The van der Waals surface area contributed by atoms with Crippen LogP contribution in [0.4, 0.5) is 5.69 Å². The van der Waals surface area contributed by atoms with E-state index in [-0.39, 0.29) is 11.3 Å². The van der Waals surface area contributed by atoms with Gasteiger partial charge in [-0.15, -0.1) is 0 Å². The zero-order valence-electron chi connectivity index (χ0n) is 17.6. The van der Waals surface area contributed by atoms with Gasteiger partial charge in [0.05, 0.1) is 20.6 Å². The normalized spacial score (nSPS) is 18.0. The highest BCUT2D eigenvalue weighted by molar-refractivity contribution is 5.97. The summed E-state index contributed by atoms with van der Waals surface area (Å²) in [6.45, 7) is 6.22. The average Bonchev–Trinajstić information content (AvgIpc) is 3.08. The zero-order chi connectivity index (χ0) is 20.4. The van der Waals surface area contributed by atoms with E-state index < -0.39 is 0 Å². The van der Waals surface area contributed by atoms with Crippen LogP contribution in [0.25, 0.3) is 0 Å². The molecule has 4 rings (SSSR count). The maximum Gasteiger partial charge on any atom is 0.231 e. The summed E-state index contributed by atoms with van der Waals surface area (Å²) in [6, 6.07) is 13.9. The van der Waals surface area contributed by atoms with Gasteiger partial charge >= 0.3 is 0 Å². The molecule has 0 atom stereocenters. The van der Waals surface area contributed by atoms with E-state index in [9.17, 15) is 4.79 Å². The van der Waals surface area contributed by atoms with Gasteiger partial charge in [0.25, 0.3) is 0 Å². The summed E-state index contributed by atoms with van der Waals surface area (Å²) >= 11 is 0. The fourth-order valence-electron chi connectivity index (χ4n) is 4.74. The first kappa shape index (κ1) is 19.8. The van der Waals surface area contributed by atoms with Gasteiger partial charge < -0.3 is 19.3 Å². The lowest BCUT2D eigenvalue weighted by Gasteiger charge is -2.39. The lowest BCUT2D eigenvalue weighted by atomic mass is 9.74. The van der Waals surface area contributed by atoms with Crippen molar-refractivity contribution in [1.82, 2.24) is 4.90 Å². The number of piperidine rings is 1. The van der Waals surface area contributed by atoms with Gasteiger partial charge in [0.2, 0.25) is 5.91 Å². The Labute approximate surface area is 173 Å². The molecular weight excluding hydrogens is 364 g/mol. The topological polar surface area (TPSA) is 42.0 Å². The number of methoxy groups -OCH3 is 2. The second-order valence-electron chi connectivity index (χ2n) is 8.10. The van der Waals surface area contributed by atoms with Crippen LogP contribution in [0.1, 0.15) is 30.9 Å². The number of likely N-dealkylation sites (tertiary alicyclic amines) is 1. The summed E-state index contributed by atoms with van der Waals surface area (Å²) in [5.74, 6) is 1.82. The number of benzene rings is 2. The molecule has 5 heteroatoms. The molecule has 0 N–H and O–H groups in total. The molecule has 5 nitrogen and oxygen atoms in total. The number of ether oxygens (including phenoxy) is 2. The molecule has 0 radical (unpaired) electrons. The number of carbonyl (C=O) groups excluding carboxylic acids is 1. The van der Waals surface area contributed by atoms with E-state index in [4.69, 9.17) is 9.47 Å². The quantitative estimate of drug-likeness (QED) is 0.776. The van der Waals surface area contributed by atoms with Crippen LogP contribution in [0.3, 0.4) is 0 Å². The van der Waals surface area contributed by atoms with E-state index in [1.54, 1.807) is 14.2 Å². The SMILES string of the molecule is CCN1CCC2(CC1)CN(C(=O)Cc1ccc(OC)cc1)c1ccc(OC)cc12. The Morgan fingerprint density at radius 1 is 1.00 bits per heavy atom. The minimum Gasteiger partial charge on any atom is -0.497 e. The van der Waals surface area contributed by atoms with Gasteiger partial charge in [-0.25, -0.2) is 0 Å². The van der Waals surface area contributed by atoms with E-state index in [1.165, 1.54) is 5.56 Å². The highest BCUT2D eigenvalue weighted by Crippen LogP contribution is 2.48. The molecule has 2 aliphatic heterocycles. The number of hydrogen-bond donors (Lipinski definition) is 0. The Morgan fingerprint density at radius 3 is 2.28 bits per heavy atom. The Bertz CT molecular complexity index is 870. The fourth-order valence-corrected chi connectivity index (χ4v) is 4.74. The van der Waals surface area contributed by atoms with Gasteiger partial charge in [0.15, 0.2) is 0 Å². The molecule has 2 aromatic rings. The van der Waals surface area contributed by atoms with E-state index in [1.807, 2.05) is 35.2 Å². The molecule has 0 bridgehead atoms. The molecule has 1 fully saturated rings. The number of anilines is 1. The smallest absolute Gasteiger partial charge is 0.231 e. The highest BCUT2D eigenvalue weighted by atomic mass is 16.5. The fraction of sp³-hybridized carbons (Fsp3) is 0.458. The van der Waals surface area contributed by atoms with Gasteiger partial charge in [-0.3, -0.25) is 4.79 Å². The first-order valence-electron chi connectivity index (χ1n) is 10.4. The summed E-state index contributed by atoms with van der Waals surface area (Å²) in [5, 5.41) is 0. The molecule has 0 aromatic heterocycles. The van der Waals surface area contributed by atoms with Crippen molar-refractivity contribution >= 4 is 11.6 Å². The minimum atomic E-state index is 0.0328. The van der Waals surface area contributed by atoms with E-state index in [2.05, 4.69) is 24.0 Å². The molecule has 0 aliphatic carbocycles. The van der Waals surface area contributed by atoms with Crippen LogP contribution in [-0.4, -0.2) is 51.2 Å². The molecule has 0 saturated carbocycles. The van der Waals surface area contributed by atoms with E-state index in [0.29, 0.717) is 6.42 Å². The second-order valence-corrected chi connectivity index (χ2v) is 8.10. The van der Waals surface area contributed by atoms with Crippen molar-refractivity contribution in [2.45, 2.75) is 31.6 Å². The van der Waals surface area contributed by atoms with Gasteiger partial charge in [0, 0.05) is 17.6 Å². The van der Waals surface area contributed by atoms with Crippen molar-refractivity contribution in [1.29, 1.82) is 0 Å².